The van der Waals surface area contributed by atoms with Gasteiger partial charge in [-0.25, -0.2) is 0 Å². The summed E-state index contributed by atoms with van der Waals surface area (Å²) >= 11 is 0. The van der Waals surface area contributed by atoms with Gasteiger partial charge in [0.1, 0.15) is 5.75 Å². The molecule has 1 heterocycles. The van der Waals surface area contributed by atoms with Crippen LogP contribution in [0.4, 0.5) is 0 Å². The van der Waals surface area contributed by atoms with Crippen molar-refractivity contribution in [3.8, 4) is 5.75 Å². The summed E-state index contributed by atoms with van der Waals surface area (Å²) in [5.41, 5.74) is 2.23. The fourth-order valence-corrected chi connectivity index (χ4v) is 1.83. The summed E-state index contributed by atoms with van der Waals surface area (Å²) in [4.78, 5) is 4.67. The summed E-state index contributed by atoms with van der Waals surface area (Å²) in [7, 11) is 1.68. The first-order valence-electron chi connectivity index (χ1n) is 6.73. The Morgan fingerprint density at radius 1 is 1.21 bits per heavy atom. The van der Waals surface area contributed by atoms with Gasteiger partial charge < -0.3 is 10.1 Å². The second-order valence-corrected chi connectivity index (χ2v) is 5.45. The number of nitrogens with zero attached hydrogens (tertiary/aromatic N) is 1. The summed E-state index contributed by atoms with van der Waals surface area (Å²) in [5.74, 6) is 0.868. The van der Waals surface area contributed by atoms with Crippen molar-refractivity contribution in [2.45, 2.75) is 39.3 Å². The van der Waals surface area contributed by atoms with E-state index in [1.54, 1.807) is 7.11 Å². The van der Waals surface area contributed by atoms with Crippen molar-refractivity contribution >= 4 is 10.9 Å². The van der Waals surface area contributed by atoms with Crippen LogP contribution in [-0.2, 0) is 6.54 Å². The molecule has 3 heteroatoms. The zero-order valence-electron chi connectivity index (χ0n) is 12.2. The van der Waals surface area contributed by atoms with E-state index in [0.29, 0.717) is 0 Å². The highest BCUT2D eigenvalue weighted by Gasteiger charge is 2.13. The number of methoxy groups -OCH3 is 1. The molecule has 0 aliphatic heterocycles. The van der Waals surface area contributed by atoms with Gasteiger partial charge in [0.15, 0.2) is 0 Å². The highest BCUT2D eigenvalue weighted by atomic mass is 16.5. The van der Waals surface area contributed by atoms with Gasteiger partial charge in [-0.15, -0.1) is 0 Å². The van der Waals surface area contributed by atoms with Crippen molar-refractivity contribution in [3.63, 3.8) is 0 Å². The first-order valence-corrected chi connectivity index (χ1v) is 6.73. The first-order chi connectivity index (χ1) is 9.04. The molecular formula is C16H22N2O. The molecule has 19 heavy (non-hydrogen) atoms. The van der Waals surface area contributed by atoms with E-state index in [4.69, 9.17) is 4.74 Å². The Kier molecular flexibility index (Phi) is 4.05. The van der Waals surface area contributed by atoms with Crippen molar-refractivity contribution in [2.24, 2.45) is 0 Å². The van der Waals surface area contributed by atoms with Gasteiger partial charge in [0, 0.05) is 17.5 Å². The van der Waals surface area contributed by atoms with E-state index in [2.05, 4.69) is 43.2 Å². The quantitative estimate of drug-likeness (QED) is 0.891. The molecule has 1 aromatic heterocycles. The number of aromatic nitrogens is 1. The van der Waals surface area contributed by atoms with Gasteiger partial charge in [0.2, 0.25) is 0 Å². The Morgan fingerprint density at radius 3 is 2.68 bits per heavy atom. The highest BCUT2D eigenvalue weighted by molar-refractivity contribution is 5.80. The van der Waals surface area contributed by atoms with E-state index >= 15 is 0 Å². The van der Waals surface area contributed by atoms with Crippen LogP contribution in [0, 0.1) is 0 Å². The third-order valence-electron chi connectivity index (χ3n) is 3.59. The Balaban J connectivity index is 2.18. The summed E-state index contributed by atoms with van der Waals surface area (Å²) < 4.78 is 5.22. The number of ether oxygens (including phenoxy) is 1. The zero-order chi connectivity index (χ0) is 13.9. The van der Waals surface area contributed by atoms with Crippen molar-refractivity contribution in [2.75, 3.05) is 7.11 Å². The average Bonchev–Trinajstić information content (AvgIpc) is 2.44. The molecule has 2 rings (SSSR count). The van der Waals surface area contributed by atoms with Gasteiger partial charge >= 0.3 is 0 Å². The fraction of sp³-hybridized carbons (Fsp3) is 0.438. The first kappa shape index (κ1) is 13.8. The lowest BCUT2D eigenvalue weighted by Gasteiger charge is -2.24. The number of nitrogens with one attached hydrogen (secondary N) is 1. The molecule has 0 saturated carbocycles. The maximum atomic E-state index is 5.22. The Bertz CT molecular complexity index is 564. The molecule has 2 aromatic rings. The number of rotatable bonds is 5. The molecule has 0 fully saturated rings. The Morgan fingerprint density at radius 2 is 2.00 bits per heavy atom. The minimum absolute atomic E-state index is 0.149. The van der Waals surface area contributed by atoms with Crippen LogP contribution < -0.4 is 10.1 Å². The molecule has 102 valence electrons. The molecule has 0 amide bonds. The molecular weight excluding hydrogens is 236 g/mol. The molecule has 1 aromatic carbocycles. The molecule has 0 bridgehead atoms. The standard InChI is InChI=1S/C16H22N2O/c1-5-16(2,3)17-11-13-7-6-12-10-14(19-4)8-9-15(12)18-13/h6-10,17H,5,11H2,1-4H3. The lowest BCUT2D eigenvalue weighted by atomic mass is 10.0. The lowest BCUT2D eigenvalue weighted by Crippen LogP contribution is -2.38. The normalized spacial score (nSPS) is 11.8. The van der Waals surface area contributed by atoms with Gasteiger partial charge in [-0.05, 0) is 44.5 Å². The zero-order valence-corrected chi connectivity index (χ0v) is 12.2. The minimum Gasteiger partial charge on any atom is -0.497 e. The summed E-state index contributed by atoms with van der Waals surface area (Å²) in [5, 5.41) is 4.63. The summed E-state index contributed by atoms with van der Waals surface area (Å²) in [6.07, 6.45) is 1.10. The smallest absolute Gasteiger partial charge is 0.119 e. The number of fused-ring (bicyclic) bond motifs is 1. The van der Waals surface area contributed by atoms with E-state index in [9.17, 15) is 0 Å². The molecule has 0 saturated heterocycles. The van der Waals surface area contributed by atoms with Crippen LogP contribution in [0.1, 0.15) is 32.9 Å². The van der Waals surface area contributed by atoms with Crippen molar-refractivity contribution in [1.29, 1.82) is 0 Å². The number of pyridine rings is 1. The van der Waals surface area contributed by atoms with Crippen LogP contribution in [-0.4, -0.2) is 17.6 Å². The van der Waals surface area contributed by atoms with Gasteiger partial charge in [-0.2, -0.15) is 0 Å². The average molecular weight is 258 g/mol. The van der Waals surface area contributed by atoms with Crippen LogP contribution in [0.5, 0.6) is 5.75 Å². The maximum Gasteiger partial charge on any atom is 0.119 e. The van der Waals surface area contributed by atoms with Crippen LogP contribution in [0.3, 0.4) is 0 Å². The number of benzene rings is 1. The SMILES string of the molecule is CCC(C)(C)NCc1ccc2cc(OC)ccc2n1. The van der Waals surface area contributed by atoms with Gasteiger partial charge in [0.25, 0.3) is 0 Å². The van der Waals surface area contributed by atoms with E-state index in [0.717, 1.165) is 35.3 Å². The van der Waals surface area contributed by atoms with E-state index in [-0.39, 0.29) is 5.54 Å². The lowest BCUT2D eigenvalue weighted by molar-refractivity contribution is 0.372. The summed E-state index contributed by atoms with van der Waals surface area (Å²) in [6.45, 7) is 7.40. The van der Waals surface area contributed by atoms with Gasteiger partial charge in [0.05, 0.1) is 18.3 Å². The molecule has 0 aliphatic rings. The van der Waals surface area contributed by atoms with Crippen LogP contribution in [0.2, 0.25) is 0 Å². The Hall–Kier alpha value is -1.61. The van der Waals surface area contributed by atoms with E-state index < -0.39 is 0 Å². The molecule has 1 N–H and O–H groups in total. The van der Waals surface area contributed by atoms with Crippen molar-refractivity contribution in [1.82, 2.24) is 10.3 Å². The van der Waals surface area contributed by atoms with Crippen molar-refractivity contribution in [3.05, 3.63) is 36.0 Å². The second kappa shape index (κ2) is 5.57. The van der Waals surface area contributed by atoms with Crippen LogP contribution >= 0.6 is 0 Å². The second-order valence-electron chi connectivity index (χ2n) is 5.45. The fourth-order valence-electron chi connectivity index (χ4n) is 1.83. The molecule has 0 unspecified atom stereocenters. The monoisotopic (exact) mass is 258 g/mol. The predicted octanol–water partition coefficient (Wildman–Crippen LogP) is 3.52. The van der Waals surface area contributed by atoms with Gasteiger partial charge in [-0.3, -0.25) is 4.98 Å². The third-order valence-corrected chi connectivity index (χ3v) is 3.59. The number of hydrogen-bond donors (Lipinski definition) is 1. The summed E-state index contributed by atoms with van der Waals surface area (Å²) in [6, 6.07) is 10.1. The van der Waals surface area contributed by atoms with Crippen LogP contribution in [0.15, 0.2) is 30.3 Å². The minimum atomic E-state index is 0.149. The molecule has 3 nitrogen and oxygen atoms in total. The molecule has 0 spiro atoms. The molecule has 0 radical (unpaired) electrons. The van der Waals surface area contributed by atoms with E-state index in [1.165, 1.54) is 0 Å². The topological polar surface area (TPSA) is 34.1 Å². The van der Waals surface area contributed by atoms with Gasteiger partial charge in [-0.1, -0.05) is 13.0 Å². The number of hydrogen-bond acceptors (Lipinski definition) is 3. The highest BCUT2D eigenvalue weighted by Crippen LogP contribution is 2.19. The molecule has 0 aliphatic carbocycles. The largest absolute Gasteiger partial charge is 0.497 e. The third kappa shape index (κ3) is 3.44. The van der Waals surface area contributed by atoms with E-state index in [1.807, 2.05) is 18.2 Å². The molecule has 0 atom stereocenters. The van der Waals surface area contributed by atoms with Crippen LogP contribution in [0.25, 0.3) is 10.9 Å². The predicted molar refractivity (Wildman–Crippen MR) is 79.5 cm³/mol. The maximum absolute atomic E-state index is 5.22. The van der Waals surface area contributed by atoms with Crippen molar-refractivity contribution < 1.29 is 4.74 Å². The Labute approximate surface area is 115 Å².